The molecule has 4 nitrogen and oxygen atoms in total. The molecule has 1 amide bonds. The Labute approximate surface area is 112 Å². The minimum absolute atomic E-state index is 0.303. The summed E-state index contributed by atoms with van der Waals surface area (Å²) in [7, 11) is 0. The monoisotopic (exact) mass is 266 g/mol. The average molecular weight is 266 g/mol. The van der Waals surface area contributed by atoms with Gasteiger partial charge in [0.25, 0.3) is 5.91 Å². The molecule has 1 aliphatic rings. The van der Waals surface area contributed by atoms with Crippen molar-refractivity contribution in [2.45, 2.75) is 13.0 Å². The number of benzene rings is 1. The van der Waals surface area contributed by atoms with Gasteiger partial charge in [-0.15, -0.1) is 0 Å². The van der Waals surface area contributed by atoms with Crippen molar-refractivity contribution in [2.75, 3.05) is 32.7 Å². The van der Waals surface area contributed by atoms with Gasteiger partial charge in [-0.1, -0.05) is 19.1 Å². The molecule has 0 aliphatic carbocycles. The van der Waals surface area contributed by atoms with Crippen LogP contribution in [0.1, 0.15) is 18.6 Å². The van der Waals surface area contributed by atoms with E-state index in [0.29, 0.717) is 18.7 Å². The number of piperazine rings is 1. The van der Waals surface area contributed by atoms with Gasteiger partial charge in [-0.25, -0.2) is 4.39 Å². The van der Waals surface area contributed by atoms with E-state index in [-0.39, 0.29) is 11.7 Å². The number of amides is 1. The zero-order valence-electron chi connectivity index (χ0n) is 11.1. The standard InChI is InChI=1S/C14H19FN2O2/c1-2-16-7-9-17(10-8-16)14(19)13(18)11-3-5-12(15)6-4-11/h3-6,13,18H,2,7-10H2,1H3. The Morgan fingerprint density at radius 2 is 1.84 bits per heavy atom. The van der Waals surface area contributed by atoms with E-state index in [4.69, 9.17) is 0 Å². The predicted molar refractivity (Wildman–Crippen MR) is 70.1 cm³/mol. The van der Waals surface area contributed by atoms with Crippen LogP contribution in [0.25, 0.3) is 0 Å². The number of hydrogen-bond donors (Lipinski definition) is 1. The van der Waals surface area contributed by atoms with E-state index in [9.17, 15) is 14.3 Å². The lowest BCUT2D eigenvalue weighted by Gasteiger charge is -2.35. The molecule has 0 aromatic heterocycles. The molecule has 1 atom stereocenters. The summed E-state index contributed by atoms with van der Waals surface area (Å²) in [6, 6.07) is 5.39. The number of halogens is 1. The van der Waals surface area contributed by atoms with Crippen LogP contribution in [-0.4, -0.2) is 53.5 Å². The largest absolute Gasteiger partial charge is 0.378 e. The third-order valence-corrected chi connectivity index (χ3v) is 3.55. The first kappa shape index (κ1) is 14.0. The fourth-order valence-corrected chi connectivity index (χ4v) is 2.25. The first-order valence-corrected chi connectivity index (χ1v) is 6.56. The minimum atomic E-state index is -1.20. The van der Waals surface area contributed by atoms with Crippen LogP contribution in [0.4, 0.5) is 4.39 Å². The van der Waals surface area contributed by atoms with E-state index in [1.165, 1.54) is 24.3 Å². The van der Waals surface area contributed by atoms with Crippen molar-refractivity contribution in [1.29, 1.82) is 0 Å². The fraction of sp³-hybridized carbons (Fsp3) is 0.500. The highest BCUT2D eigenvalue weighted by Crippen LogP contribution is 2.17. The number of likely N-dealkylation sites (N-methyl/N-ethyl adjacent to an activating group) is 1. The lowest BCUT2D eigenvalue weighted by molar-refractivity contribution is -0.142. The van der Waals surface area contributed by atoms with Crippen molar-refractivity contribution in [3.05, 3.63) is 35.6 Å². The van der Waals surface area contributed by atoms with E-state index < -0.39 is 6.10 Å². The summed E-state index contributed by atoms with van der Waals surface area (Å²) < 4.78 is 12.8. The van der Waals surface area contributed by atoms with Gasteiger partial charge in [-0.2, -0.15) is 0 Å². The highest BCUT2D eigenvalue weighted by atomic mass is 19.1. The summed E-state index contributed by atoms with van der Waals surface area (Å²) in [5.41, 5.74) is 0.435. The van der Waals surface area contributed by atoms with Crippen LogP contribution >= 0.6 is 0 Å². The number of carbonyl (C=O) groups excluding carboxylic acids is 1. The molecule has 104 valence electrons. The Morgan fingerprint density at radius 3 is 2.37 bits per heavy atom. The quantitative estimate of drug-likeness (QED) is 0.888. The molecule has 1 saturated heterocycles. The van der Waals surface area contributed by atoms with Crippen molar-refractivity contribution >= 4 is 5.91 Å². The number of carbonyl (C=O) groups is 1. The van der Waals surface area contributed by atoms with E-state index >= 15 is 0 Å². The molecule has 1 aromatic carbocycles. The molecule has 0 spiro atoms. The molecule has 19 heavy (non-hydrogen) atoms. The van der Waals surface area contributed by atoms with Gasteiger partial charge in [0.1, 0.15) is 5.82 Å². The molecule has 0 saturated carbocycles. The first-order valence-electron chi connectivity index (χ1n) is 6.56. The van der Waals surface area contributed by atoms with Crippen LogP contribution in [0.3, 0.4) is 0 Å². The van der Waals surface area contributed by atoms with E-state index in [0.717, 1.165) is 19.6 Å². The molecule has 2 rings (SSSR count). The van der Waals surface area contributed by atoms with Gasteiger partial charge in [0.15, 0.2) is 6.10 Å². The zero-order valence-corrected chi connectivity index (χ0v) is 11.1. The molecule has 1 aromatic rings. The van der Waals surface area contributed by atoms with Crippen LogP contribution in [0.15, 0.2) is 24.3 Å². The predicted octanol–water partition coefficient (Wildman–Crippen LogP) is 1.02. The van der Waals surface area contributed by atoms with Crippen LogP contribution in [0.5, 0.6) is 0 Å². The Hall–Kier alpha value is -1.46. The van der Waals surface area contributed by atoms with Crippen molar-refractivity contribution in [3.8, 4) is 0 Å². The molecule has 1 N–H and O–H groups in total. The molecule has 1 unspecified atom stereocenters. The molecular formula is C14H19FN2O2. The van der Waals surface area contributed by atoms with Gasteiger partial charge in [0.05, 0.1) is 0 Å². The second-order valence-electron chi connectivity index (χ2n) is 4.71. The minimum Gasteiger partial charge on any atom is -0.378 e. The Morgan fingerprint density at radius 1 is 1.26 bits per heavy atom. The number of hydrogen-bond acceptors (Lipinski definition) is 3. The molecule has 1 heterocycles. The lowest BCUT2D eigenvalue weighted by atomic mass is 10.1. The van der Waals surface area contributed by atoms with Gasteiger partial charge in [-0.05, 0) is 24.2 Å². The summed E-state index contributed by atoms with van der Waals surface area (Å²) in [5, 5.41) is 10.0. The smallest absolute Gasteiger partial charge is 0.256 e. The third-order valence-electron chi connectivity index (χ3n) is 3.55. The highest BCUT2D eigenvalue weighted by Gasteiger charge is 2.26. The van der Waals surface area contributed by atoms with E-state index in [1.807, 2.05) is 0 Å². The molecule has 0 radical (unpaired) electrons. The molecule has 1 fully saturated rings. The fourth-order valence-electron chi connectivity index (χ4n) is 2.25. The van der Waals surface area contributed by atoms with Crippen molar-refractivity contribution in [1.82, 2.24) is 9.80 Å². The summed E-state index contributed by atoms with van der Waals surface area (Å²) in [4.78, 5) is 16.1. The Bertz CT molecular complexity index is 428. The normalized spacial score (nSPS) is 18.4. The van der Waals surface area contributed by atoms with Gasteiger partial charge in [0.2, 0.25) is 0 Å². The maximum atomic E-state index is 12.8. The number of nitrogens with zero attached hydrogens (tertiary/aromatic N) is 2. The molecular weight excluding hydrogens is 247 g/mol. The van der Waals surface area contributed by atoms with Crippen LogP contribution < -0.4 is 0 Å². The van der Waals surface area contributed by atoms with Crippen molar-refractivity contribution in [2.24, 2.45) is 0 Å². The summed E-state index contributed by atoms with van der Waals surface area (Å²) in [5.74, 6) is -0.678. The number of aliphatic hydroxyl groups is 1. The Kier molecular flexibility index (Phi) is 4.50. The molecule has 0 bridgehead atoms. The summed E-state index contributed by atoms with van der Waals surface area (Å²) in [6.07, 6.45) is -1.20. The third kappa shape index (κ3) is 3.30. The maximum absolute atomic E-state index is 12.8. The van der Waals surface area contributed by atoms with E-state index in [1.54, 1.807) is 4.90 Å². The first-order chi connectivity index (χ1) is 9.11. The van der Waals surface area contributed by atoms with Crippen molar-refractivity contribution in [3.63, 3.8) is 0 Å². The topological polar surface area (TPSA) is 43.8 Å². The summed E-state index contributed by atoms with van der Waals surface area (Å²) in [6.45, 7) is 5.99. The molecule has 1 aliphatic heterocycles. The SMILES string of the molecule is CCN1CCN(C(=O)C(O)c2ccc(F)cc2)CC1. The maximum Gasteiger partial charge on any atom is 0.256 e. The zero-order chi connectivity index (χ0) is 13.8. The van der Waals surface area contributed by atoms with Crippen LogP contribution in [-0.2, 0) is 4.79 Å². The van der Waals surface area contributed by atoms with Gasteiger partial charge < -0.3 is 14.9 Å². The molecule has 5 heteroatoms. The van der Waals surface area contributed by atoms with Crippen molar-refractivity contribution < 1.29 is 14.3 Å². The van der Waals surface area contributed by atoms with E-state index in [2.05, 4.69) is 11.8 Å². The van der Waals surface area contributed by atoms with Gasteiger partial charge >= 0.3 is 0 Å². The highest BCUT2D eigenvalue weighted by molar-refractivity contribution is 5.82. The Balaban J connectivity index is 1.98. The van der Waals surface area contributed by atoms with Gasteiger partial charge in [0, 0.05) is 26.2 Å². The average Bonchev–Trinajstić information content (AvgIpc) is 2.46. The number of aliphatic hydroxyl groups excluding tert-OH is 1. The van der Waals surface area contributed by atoms with Crippen LogP contribution in [0.2, 0.25) is 0 Å². The van der Waals surface area contributed by atoms with Crippen LogP contribution in [0, 0.1) is 5.82 Å². The lowest BCUT2D eigenvalue weighted by Crippen LogP contribution is -2.49. The summed E-state index contributed by atoms with van der Waals surface area (Å²) >= 11 is 0. The number of rotatable bonds is 3. The second-order valence-corrected chi connectivity index (χ2v) is 4.71. The van der Waals surface area contributed by atoms with Gasteiger partial charge in [-0.3, -0.25) is 4.79 Å². The second kappa shape index (κ2) is 6.12.